The number of pyridine rings is 2. The number of carboxylic acids is 6. The number of rotatable bonds is 22. The SMILES string of the molecule is C=CCN1CCN(Cc2nc3cccnc3n2CCOCC)CC1.C=CCN1CCN(Cc2nc3cccnc3n2CCOCC)CC1.O=C(O)C=CC(=O)O.O=C(O)C=CC(=O)O.O=C(O)C=CC(=O)O. The molecule has 6 rings (SSSR count). The maximum absolute atomic E-state index is 9.55. The highest BCUT2D eigenvalue weighted by atomic mass is 16.5. The fourth-order valence-electron chi connectivity index (χ4n) is 6.78. The van der Waals surface area contributed by atoms with E-state index in [9.17, 15) is 28.8 Å². The number of fused-ring (bicyclic) bond motifs is 2. The second-order valence-electron chi connectivity index (χ2n) is 15.2. The Morgan fingerprint density at radius 3 is 1.07 bits per heavy atom. The van der Waals surface area contributed by atoms with Crippen LogP contribution in [0.3, 0.4) is 0 Å². The van der Waals surface area contributed by atoms with Crippen molar-refractivity contribution in [2.75, 3.05) is 91.9 Å². The van der Waals surface area contributed by atoms with Crippen LogP contribution >= 0.6 is 0 Å². The normalized spacial score (nSPS) is 14.3. The van der Waals surface area contributed by atoms with Crippen molar-refractivity contribution in [3.63, 3.8) is 0 Å². The number of aliphatic carboxylic acids is 6. The Labute approximate surface area is 416 Å². The van der Waals surface area contributed by atoms with Gasteiger partial charge in [-0.3, -0.25) is 19.6 Å². The summed E-state index contributed by atoms with van der Waals surface area (Å²) in [6.07, 6.45) is 11.0. The zero-order valence-electron chi connectivity index (χ0n) is 40.6. The first-order chi connectivity index (χ1) is 34.5. The number of carboxylic acid groups (broad SMARTS) is 6. The van der Waals surface area contributed by atoms with E-state index in [4.69, 9.17) is 50.1 Å². The second kappa shape index (κ2) is 34.8. The topological polar surface area (TPSA) is 317 Å². The van der Waals surface area contributed by atoms with Crippen LogP contribution in [0.5, 0.6) is 0 Å². The van der Waals surface area contributed by atoms with Gasteiger partial charge in [0.15, 0.2) is 11.3 Å². The molecular formula is C48H66N10O14. The van der Waals surface area contributed by atoms with Crippen molar-refractivity contribution in [2.45, 2.75) is 40.0 Å². The van der Waals surface area contributed by atoms with E-state index in [1.807, 2.05) is 62.7 Å². The quantitative estimate of drug-likeness (QED) is 0.0374. The molecule has 2 saturated heterocycles. The molecule has 6 N–H and O–H groups in total. The van der Waals surface area contributed by atoms with Crippen molar-refractivity contribution in [1.29, 1.82) is 0 Å². The largest absolute Gasteiger partial charge is 0.478 e. The van der Waals surface area contributed by atoms with E-state index in [1.54, 1.807) is 0 Å². The summed E-state index contributed by atoms with van der Waals surface area (Å²) in [5.41, 5.74) is 3.85. The Balaban J connectivity index is 0.000000343. The van der Waals surface area contributed by atoms with Gasteiger partial charge in [-0.2, -0.15) is 0 Å². The first-order valence-electron chi connectivity index (χ1n) is 22.8. The minimum atomic E-state index is -1.26. The van der Waals surface area contributed by atoms with Crippen molar-refractivity contribution < 1.29 is 68.9 Å². The van der Waals surface area contributed by atoms with Crippen LogP contribution in [0, 0.1) is 0 Å². The monoisotopic (exact) mass is 1010 g/mol. The molecule has 0 unspecified atom stereocenters. The average molecular weight is 1010 g/mol. The molecule has 72 heavy (non-hydrogen) atoms. The number of hydrogen-bond acceptors (Lipinski definition) is 16. The third-order valence-electron chi connectivity index (χ3n) is 10.0. The van der Waals surface area contributed by atoms with Crippen LogP contribution in [0.4, 0.5) is 0 Å². The molecule has 24 heteroatoms. The number of piperazine rings is 2. The molecule has 0 amide bonds. The van der Waals surface area contributed by atoms with Gasteiger partial charge in [0.25, 0.3) is 0 Å². The maximum atomic E-state index is 9.55. The zero-order chi connectivity index (χ0) is 53.3. The smallest absolute Gasteiger partial charge is 0.328 e. The molecule has 0 aliphatic carbocycles. The van der Waals surface area contributed by atoms with E-state index in [2.05, 4.69) is 51.9 Å². The molecule has 0 aromatic carbocycles. The van der Waals surface area contributed by atoms with E-state index in [0.29, 0.717) is 49.7 Å². The van der Waals surface area contributed by atoms with Crippen molar-refractivity contribution in [3.05, 3.63) is 110 Å². The summed E-state index contributed by atoms with van der Waals surface area (Å²) in [4.78, 5) is 85.8. The molecule has 2 fully saturated rings. The predicted molar refractivity (Wildman–Crippen MR) is 265 cm³/mol. The summed E-state index contributed by atoms with van der Waals surface area (Å²) < 4.78 is 15.5. The predicted octanol–water partition coefficient (Wildman–Crippen LogP) is 2.68. The average Bonchev–Trinajstić information content (AvgIpc) is 3.88. The Morgan fingerprint density at radius 1 is 0.514 bits per heavy atom. The van der Waals surface area contributed by atoms with Crippen LogP contribution < -0.4 is 0 Å². The van der Waals surface area contributed by atoms with Crippen molar-refractivity contribution >= 4 is 58.1 Å². The first-order valence-corrected chi connectivity index (χ1v) is 22.8. The van der Waals surface area contributed by atoms with Gasteiger partial charge in [0.2, 0.25) is 0 Å². The summed E-state index contributed by atoms with van der Waals surface area (Å²) in [6.45, 7) is 28.4. The molecule has 0 radical (unpaired) electrons. The summed E-state index contributed by atoms with van der Waals surface area (Å²) in [7, 11) is 0. The number of hydrogen-bond donors (Lipinski definition) is 6. The van der Waals surface area contributed by atoms with E-state index >= 15 is 0 Å². The standard InChI is InChI=1S/2C18H27N5O.3C4H4O4/c2*1-3-8-21-9-11-22(12-10-21)15-17-20-16-6-5-7-19-18(16)23(17)13-14-24-4-2;3*5-3(6)1-2-4(7)8/h2*3,5-7H,1,4,8-15H2,2H3;3*1-2H,(H,5,6)(H,7,8). The molecule has 2 aliphatic rings. The minimum Gasteiger partial charge on any atom is -0.478 e. The van der Waals surface area contributed by atoms with E-state index in [1.165, 1.54) is 0 Å². The number of ether oxygens (including phenoxy) is 2. The number of aromatic nitrogens is 6. The molecular weight excluding hydrogens is 941 g/mol. The van der Waals surface area contributed by atoms with Crippen LogP contribution in [0.2, 0.25) is 0 Å². The Hall–Kier alpha value is -7.48. The molecule has 392 valence electrons. The molecule has 0 bridgehead atoms. The Kier molecular flexibility index (Phi) is 29.3. The molecule has 2 aliphatic heterocycles. The van der Waals surface area contributed by atoms with Crippen molar-refractivity contribution in [2.24, 2.45) is 0 Å². The number of imidazole rings is 2. The van der Waals surface area contributed by atoms with Crippen molar-refractivity contribution in [3.8, 4) is 0 Å². The van der Waals surface area contributed by atoms with Gasteiger partial charge in [0.1, 0.15) is 22.7 Å². The van der Waals surface area contributed by atoms with Gasteiger partial charge in [-0.15, -0.1) is 13.2 Å². The lowest BCUT2D eigenvalue weighted by Gasteiger charge is -2.33. The fourth-order valence-corrected chi connectivity index (χ4v) is 6.78. The summed E-state index contributed by atoms with van der Waals surface area (Å²) >= 11 is 0. The van der Waals surface area contributed by atoms with Gasteiger partial charge in [-0.05, 0) is 38.1 Å². The number of carbonyl (C=O) groups is 6. The second-order valence-corrected chi connectivity index (χ2v) is 15.2. The van der Waals surface area contributed by atoms with Gasteiger partial charge in [-0.1, -0.05) is 12.2 Å². The summed E-state index contributed by atoms with van der Waals surface area (Å²) in [5.74, 6) is -5.37. The minimum absolute atomic E-state index is 0.558. The highest BCUT2D eigenvalue weighted by Crippen LogP contribution is 2.18. The zero-order valence-corrected chi connectivity index (χ0v) is 40.6. The Bertz CT molecular complexity index is 2190. The number of nitrogens with zero attached hydrogens (tertiary/aromatic N) is 10. The third-order valence-corrected chi connectivity index (χ3v) is 10.0. The molecule has 4 aromatic heterocycles. The van der Waals surface area contributed by atoms with Crippen LogP contribution in [0.25, 0.3) is 22.3 Å². The summed E-state index contributed by atoms with van der Waals surface area (Å²) in [5, 5.41) is 46.9. The Morgan fingerprint density at radius 2 is 0.806 bits per heavy atom. The summed E-state index contributed by atoms with van der Waals surface area (Å²) in [6, 6.07) is 7.95. The molecule has 4 aromatic rings. The van der Waals surface area contributed by atoms with E-state index in [0.717, 1.165) is 139 Å². The van der Waals surface area contributed by atoms with Crippen LogP contribution in [-0.4, -0.2) is 207 Å². The van der Waals surface area contributed by atoms with E-state index in [-0.39, 0.29) is 0 Å². The van der Waals surface area contributed by atoms with Gasteiger partial charge < -0.3 is 49.2 Å². The van der Waals surface area contributed by atoms with Crippen molar-refractivity contribution in [1.82, 2.24) is 48.7 Å². The highest BCUT2D eigenvalue weighted by Gasteiger charge is 2.21. The molecule has 0 spiro atoms. The van der Waals surface area contributed by atoms with Crippen LogP contribution in [-0.2, 0) is 64.4 Å². The lowest BCUT2D eigenvalue weighted by molar-refractivity contribution is -0.134. The first kappa shape index (κ1) is 60.6. The van der Waals surface area contributed by atoms with Crippen LogP contribution in [0.1, 0.15) is 25.5 Å². The highest BCUT2D eigenvalue weighted by molar-refractivity contribution is 5.90. The third kappa shape index (κ3) is 24.9. The van der Waals surface area contributed by atoms with Crippen LogP contribution in [0.15, 0.2) is 98.4 Å². The van der Waals surface area contributed by atoms with Gasteiger partial charge in [0.05, 0.1) is 26.3 Å². The maximum Gasteiger partial charge on any atom is 0.328 e. The lowest BCUT2D eigenvalue weighted by Crippen LogP contribution is -2.46. The lowest BCUT2D eigenvalue weighted by atomic mass is 10.3. The van der Waals surface area contributed by atoms with Gasteiger partial charge in [0, 0.05) is 141 Å². The van der Waals surface area contributed by atoms with Gasteiger partial charge in [-0.25, -0.2) is 48.7 Å². The fraction of sp³-hybridized carbons (Fsp3) is 0.417. The molecule has 0 saturated carbocycles. The molecule has 24 nitrogen and oxygen atoms in total. The van der Waals surface area contributed by atoms with E-state index < -0.39 is 35.8 Å². The van der Waals surface area contributed by atoms with Gasteiger partial charge >= 0.3 is 35.8 Å². The molecule has 0 atom stereocenters. The molecule has 6 heterocycles.